The molecule has 0 radical (unpaired) electrons. The van der Waals surface area contributed by atoms with Crippen LogP contribution in [0.1, 0.15) is 5.56 Å². The fraction of sp³-hybridized carbons (Fsp3) is 0.0625. The first-order valence-corrected chi connectivity index (χ1v) is 8.22. The van der Waals surface area contributed by atoms with Gasteiger partial charge in [0.2, 0.25) is 5.71 Å². The van der Waals surface area contributed by atoms with Crippen LogP contribution < -0.4 is 15.9 Å². The lowest BCUT2D eigenvalue weighted by molar-refractivity contribution is -0.138. The summed E-state index contributed by atoms with van der Waals surface area (Å²) in [5, 5.41) is 19.6. The molecule has 0 unspecified atom stereocenters. The minimum atomic E-state index is -4.93. The number of benzene rings is 2. The molecule has 2 aromatic carbocycles. The van der Waals surface area contributed by atoms with Gasteiger partial charge in [-0.2, -0.15) is 23.5 Å². The van der Waals surface area contributed by atoms with Gasteiger partial charge in [0.25, 0.3) is 0 Å². The van der Waals surface area contributed by atoms with Gasteiger partial charge in [-0.15, -0.1) is 0 Å². The Morgan fingerprint density at radius 3 is 2.32 bits per heavy atom. The SMILES string of the molecule is N#C/C(=N\Nc1ccc(I)cc1Oc1c(F)cc(C(F)(F)F)cc1F)C(=N)N. The van der Waals surface area contributed by atoms with Gasteiger partial charge in [0.05, 0.1) is 11.3 Å². The highest BCUT2D eigenvalue weighted by molar-refractivity contribution is 14.1. The number of nitrogens with one attached hydrogen (secondary N) is 2. The molecule has 0 saturated carbocycles. The predicted octanol–water partition coefficient (Wildman–Crippen LogP) is 4.61. The largest absolute Gasteiger partial charge is 0.449 e. The molecule has 0 amide bonds. The summed E-state index contributed by atoms with van der Waals surface area (Å²) < 4.78 is 71.7. The molecule has 146 valence electrons. The quantitative estimate of drug-likeness (QED) is 0.180. The highest BCUT2D eigenvalue weighted by Crippen LogP contribution is 2.37. The molecule has 0 fully saturated rings. The van der Waals surface area contributed by atoms with Gasteiger partial charge in [-0.3, -0.25) is 10.8 Å². The molecule has 4 N–H and O–H groups in total. The minimum Gasteiger partial charge on any atom is -0.449 e. The van der Waals surface area contributed by atoms with E-state index in [1.165, 1.54) is 12.1 Å². The normalized spacial score (nSPS) is 11.7. The molecule has 12 heteroatoms. The minimum absolute atomic E-state index is 0.0214. The summed E-state index contributed by atoms with van der Waals surface area (Å²) in [5.74, 6) is -4.96. The van der Waals surface area contributed by atoms with E-state index in [2.05, 4.69) is 10.5 Å². The van der Waals surface area contributed by atoms with Crippen molar-refractivity contribution in [3.63, 3.8) is 0 Å². The maximum absolute atomic E-state index is 14.0. The van der Waals surface area contributed by atoms with E-state index in [4.69, 9.17) is 21.1 Å². The maximum Gasteiger partial charge on any atom is 0.416 e. The van der Waals surface area contributed by atoms with E-state index >= 15 is 0 Å². The van der Waals surface area contributed by atoms with Crippen LogP contribution in [0, 0.1) is 31.9 Å². The Morgan fingerprint density at radius 2 is 1.82 bits per heavy atom. The summed E-state index contributed by atoms with van der Waals surface area (Å²) in [6, 6.07) is 6.06. The molecule has 0 bridgehead atoms. The highest BCUT2D eigenvalue weighted by atomic mass is 127. The fourth-order valence-corrected chi connectivity index (χ4v) is 2.33. The molecule has 0 aliphatic rings. The highest BCUT2D eigenvalue weighted by Gasteiger charge is 2.33. The number of hydrazone groups is 1. The summed E-state index contributed by atoms with van der Waals surface area (Å²) in [6.45, 7) is 0. The lowest BCUT2D eigenvalue weighted by Crippen LogP contribution is -2.21. The van der Waals surface area contributed by atoms with Crippen LogP contribution in [-0.2, 0) is 6.18 Å². The fourth-order valence-electron chi connectivity index (χ4n) is 1.87. The summed E-state index contributed by atoms with van der Waals surface area (Å²) in [5.41, 5.74) is 5.57. The summed E-state index contributed by atoms with van der Waals surface area (Å²) in [6.07, 6.45) is -4.93. The smallest absolute Gasteiger partial charge is 0.416 e. The van der Waals surface area contributed by atoms with E-state index in [0.717, 1.165) is 0 Å². The Balaban J connectivity index is 2.43. The summed E-state index contributed by atoms with van der Waals surface area (Å²) >= 11 is 1.87. The third-order valence-electron chi connectivity index (χ3n) is 3.13. The van der Waals surface area contributed by atoms with E-state index in [9.17, 15) is 22.0 Å². The number of nitrogens with zero attached hydrogens (tertiary/aromatic N) is 2. The van der Waals surface area contributed by atoms with E-state index < -0.39 is 40.7 Å². The lowest BCUT2D eigenvalue weighted by Gasteiger charge is -2.14. The third-order valence-corrected chi connectivity index (χ3v) is 3.80. The van der Waals surface area contributed by atoms with Crippen molar-refractivity contribution in [3.8, 4) is 17.6 Å². The van der Waals surface area contributed by atoms with Crippen LogP contribution in [0.15, 0.2) is 35.4 Å². The molecule has 0 aliphatic heterocycles. The number of nitrogens with two attached hydrogens (primary N) is 1. The van der Waals surface area contributed by atoms with Crippen molar-refractivity contribution < 1.29 is 26.7 Å². The number of alkyl halides is 3. The summed E-state index contributed by atoms with van der Waals surface area (Å²) in [4.78, 5) is 0. The Kier molecular flexibility index (Phi) is 6.39. The Bertz CT molecular complexity index is 977. The second-order valence-corrected chi connectivity index (χ2v) is 6.35. The molecule has 0 saturated heterocycles. The first-order valence-electron chi connectivity index (χ1n) is 7.14. The number of hydrogen-bond acceptors (Lipinski definition) is 5. The molecule has 2 rings (SSSR count). The molecule has 0 heterocycles. The van der Waals surface area contributed by atoms with Crippen molar-refractivity contribution in [1.82, 2.24) is 0 Å². The number of halogens is 6. The third kappa shape index (κ3) is 5.06. The van der Waals surface area contributed by atoms with E-state index in [1.807, 2.05) is 22.6 Å². The molecule has 0 aromatic heterocycles. The predicted molar refractivity (Wildman–Crippen MR) is 99.2 cm³/mol. The van der Waals surface area contributed by atoms with Gasteiger partial charge in [0, 0.05) is 3.57 Å². The number of amidine groups is 1. The molecule has 0 atom stereocenters. The summed E-state index contributed by atoms with van der Waals surface area (Å²) in [7, 11) is 0. The van der Waals surface area contributed by atoms with Gasteiger partial charge >= 0.3 is 6.18 Å². The van der Waals surface area contributed by atoms with Crippen LogP contribution in [0.2, 0.25) is 0 Å². The Hall–Kier alpha value is -2.95. The van der Waals surface area contributed by atoms with Crippen molar-refractivity contribution in [2.45, 2.75) is 6.18 Å². The van der Waals surface area contributed by atoms with Crippen LogP contribution in [-0.4, -0.2) is 11.5 Å². The van der Waals surface area contributed by atoms with Crippen LogP contribution in [0.5, 0.6) is 11.5 Å². The van der Waals surface area contributed by atoms with Crippen LogP contribution in [0.3, 0.4) is 0 Å². The van der Waals surface area contributed by atoms with Gasteiger partial charge in [0.1, 0.15) is 6.07 Å². The standard InChI is InChI=1S/C16H9F5IN5O/c17-9-3-7(16(19,20)21)4-10(18)14(9)28-13-5-8(22)1-2-11(13)26-27-12(6-23)15(24)25/h1-5,26H,(H3,24,25)/b27-12+. The molecule has 28 heavy (non-hydrogen) atoms. The zero-order valence-electron chi connectivity index (χ0n) is 13.5. The first kappa shape index (κ1) is 21.4. The molecular weight excluding hydrogens is 500 g/mol. The van der Waals surface area contributed by atoms with Gasteiger partial charge < -0.3 is 10.5 Å². The monoisotopic (exact) mass is 509 g/mol. The average Bonchev–Trinajstić information content (AvgIpc) is 2.58. The van der Waals surface area contributed by atoms with E-state index in [-0.39, 0.29) is 23.6 Å². The van der Waals surface area contributed by atoms with Gasteiger partial charge in [-0.25, -0.2) is 8.78 Å². The lowest BCUT2D eigenvalue weighted by atomic mass is 10.2. The van der Waals surface area contributed by atoms with Crippen molar-refractivity contribution in [2.24, 2.45) is 10.8 Å². The second-order valence-electron chi connectivity index (χ2n) is 5.11. The number of anilines is 1. The Labute approximate surface area is 168 Å². The number of ether oxygens (including phenoxy) is 1. The number of nitriles is 1. The molecule has 0 spiro atoms. The number of rotatable bonds is 5. The molecular formula is C16H9F5IN5O. The first-order chi connectivity index (χ1) is 13.0. The van der Waals surface area contributed by atoms with E-state index in [0.29, 0.717) is 3.57 Å². The molecule has 6 nitrogen and oxygen atoms in total. The van der Waals surface area contributed by atoms with Crippen molar-refractivity contribution in [3.05, 3.63) is 51.1 Å². The second kappa shape index (κ2) is 8.38. The van der Waals surface area contributed by atoms with Gasteiger partial charge in [0.15, 0.2) is 29.0 Å². The van der Waals surface area contributed by atoms with Crippen LogP contribution in [0.25, 0.3) is 0 Å². The van der Waals surface area contributed by atoms with E-state index in [1.54, 1.807) is 12.1 Å². The van der Waals surface area contributed by atoms with Crippen molar-refractivity contribution in [1.29, 1.82) is 10.7 Å². The Morgan fingerprint density at radius 1 is 1.21 bits per heavy atom. The zero-order chi connectivity index (χ0) is 21.1. The number of hydrogen-bond donors (Lipinski definition) is 3. The zero-order valence-corrected chi connectivity index (χ0v) is 15.7. The maximum atomic E-state index is 14.0. The average molecular weight is 509 g/mol. The molecule has 2 aromatic rings. The van der Waals surface area contributed by atoms with Gasteiger partial charge in [-0.05, 0) is 52.9 Å². The van der Waals surface area contributed by atoms with Crippen LogP contribution in [0.4, 0.5) is 27.6 Å². The van der Waals surface area contributed by atoms with Crippen molar-refractivity contribution in [2.75, 3.05) is 5.43 Å². The van der Waals surface area contributed by atoms with Crippen molar-refractivity contribution >= 4 is 39.8 Å². The van der Waals surface area contributed by atoms with Crippen LogP contribution >= 0.6 is 22.6 Å². The molecule has 0 aliphatic carbocycles. The topological polar surface area (TPSA) is 107 Å². The van der Waals surface area contributed by atoms with Gasteiger partial charge in [-0.1, -0.05) is 0 Å².